The van der Waals surface area contributed by atoms with Crippen LogP contribution in [0, 0.1) is 11.6 Å². The second kappa shape index (κ2) is 6.88. The molecule has 0 fully saturated rings. The van der Waals surface area contributed by atoms with Crippen molar-refractivity contribution in [3.63, 3.8) is 0 Å². The van der Waals surface area contributed by atoms with Crippen molar-refractivity contribution < 1.29 is 13.5 Å². The molecule has 1 heterocycles. The van der Waals surface area contributed by atoms with Gasteiger partial charge in [-0.15, -0.1) is 11.3 Å². The van der Waals surface area contributed by atoms with Crippen molar-refractivity contribution in [3.05, 3.63) is 40.4 Å². The first-order chi connectivity index (χ1) is 9.63. The summed E-state index contributed by atoms with van der Waals surface area (Å²) in [5.41, 5.74) is 1.26. The summed E-state index contributed by atoms with van der Waals surface area (Å²) < 4.78 is 31.7. The Morgan fingerprint density at radius 2 is 1.95 bits per heavy atom. The van der Waals surface area contributed by atoms with E-state index in [1.165, 1.54) is 23.5 Å². The van der Waals surface area contributed by atoms with Crippen LogP contribution in [0.25, 0.3) is 10.6 Å². The van der Waals surface area contributed by atoms with E-state index < -0.39 is 11.6 Å². The topological polar surface area (TPSA) is 34.2 Å². The lowest BCUT2D eigenvalue weighted by molar-refractivity contribution is 0.181. The van der Waals surface area contributed by atoms with E-state index >= 15 is 0 Å². The van der Waals surface area contributed by atoms with Gasteiger partial charge in [0.1, 0.15) is 16.6 Å². The van der Waals surface area contributed by atoms with Gasteiger partial charge in [-0.05, 0) is 18.7 Å². The molecule has 0 radical (unpaired) electrons. The summed E-state index contributed by atoms with van der Waals surface area (Å²) in [6.45, 7) is 3.91. The maximum absolute atomic E-state index is 13.3. The molecule has 0 saturated heterocycles. The minimum absolute atomic E-state index is 0.384. The Morgan fingerprint density at radius 3 is 2.55 bits per heavy atom. The molecular weight excluding hydrogens is 282 g/mol. The summed E-state index contributed by atoms with van der Waals surface area (Å²) in [7, 11) is 1.60. The molecule has 6 heteroatoms. The summed E-state index contributed by atoms with van der Waals surface area (Å²) in [6.07, 6.45) is 0. The zero-order valence-corrected chi connectivity index (χ0v) is 12.2. The highest BCUT2D eigenvalue weighted by Crippen LogP contribution is 2.29. The molecule has 1 aromatic carbocycles. The van der Waals surface area contributed by atoms with Crippen molar-refractivity contribution in [3.8, 4) is 10.6 Å². The maximum atomic E-state index is 13.3. The average Bonchev–Trinajstić information content (AvgIpc) is 2.79. The molecule has 0 amide bonds. The standard InChI is InChI=1S/C14H16F2N2OS/c1-3-17-7-13-12(8-19-2)18-14(20-13)9-4-10(15)6-11(16)5-9/h4-6,17H,3,7-8H2,1-2H3. The molecule has 0 unspecified atom stereocenters. The number of methoxy groups -OCH3 is 1. The fourth-order valence-electron chi connectivity index (χ4n) is 1.81. The van der Waals surface area contributed by atoms with Gasteiger partial charge in [-0.3, -0.25) is 0 Å². The monoisotopic (exact) mass is 298 g/mol. The number of halogens is 2. The largest absolute Gasteiger partial charge is 0.378 e. The number of hydrogen-bond acceptors (Lipinski definition) is 4. The molecule has 3 nitrogen and oxygen atoms in total. The van der Waals surface area contributed by atoms with E-state index in [9.17, 15) is 8.78 Å². The molecule has 0 aliphatic carbocycles. The van der Waals surface area contributed by atoms with Gasteiger partial charge in [0, 0.05) is 30.2 Å². The molecule has 0 atom stereocenters. The van der Waals surface area contributed by atoms with E-state index in [1.807, 2.05) is 6.92 Å². The third kappa shape index (κ3) is 3.59. The molecule has 1 N–H and O–H groups in total. The zero-order chi connectivity index (χ0) is 14.5. The first kappa shape index (κ1) is 15.0. The lowest BCUT2D eigenvalue weighted by Gasteiger charge is -2.00. The Kier molecular flexibility index (Phi) is 5.17. The summed E-state index contributed by atoms with van der Waals surface area (Å²) in [6, 6.07) is 3.43. The van der Waals surface area contributed by atoms with Crippen LogP contribution in [0.4, 0.5) is 8.78 Å². The number of rotatable bonds is 6. The number of benzene rings is 1. The van der Waals surface area contributed by atoms with Gasteiger partial charge in [0.15, 0.2) is 0 Å². The van der Waals surface area contributed by atoms with E-state index in [0.29, 0.717) is 23.7 Å². The molecule has 108 valence electrons. The Labute approximate surface area is 120 Å². The van der Waals surface area contributed by atoms with E-state index in [2.05, 4.69) is 10.3 Å². The van der Waals surface area contributed by atoms with Gasteiger partial charge < -0.3 is 10.1 Å². The number of nitrogens with zero attached hydrogens (tertiary/aromatic N) is 1. The fourth-order valence-corrected chi connectivity index (χ4v) is 2.83. The molecule has 0 bridgehead atoms. The van der Waals surface area contributed by atoms with Crippen molar-refractivity contribution in [1.29, 1.82) is 0 Å². The van der Waals surface area contributed by atoms with Crippen LogP contribution in [0.5, 0.6) is 0 Å². The third-order valence-electron chi connectivity index (χ3n) is 2.70. The smallest absolute Gasteiger partial charge is 0.126 e. The number of hydrogen-bond donors (Lipinski definition) is 1. The lowest BCUT2D eigenvalue weighted by Crippen LogP contribution is -2.12. The molecular formula is C14H16F2N2OS. The van der Waals surface area contributed by atoms with Crippen LogP contribution in [0.2, 0.25) is 0 Å². The Balaban J connectivity index is 2.35. The van der Waals surface area contributed by atoms with E-state index in [-0.39, 0.29) is 0 Å². The number of thiazole rings is 1. The van der Waals surface area contributed by atoms with Gasteiger partial charge in [0.05, 0.1) is 12.3 Å². The summed E-state index contributed by atoms with van der Waals surface area (Å²) in [4.78, 5) is 5.45. The molecule has 1 aromatic heterocycles. The van der Waals surface area contributed by atoms with Crippen LogP contribution >= 0.6 is 11.3 Å². The SMILES string of the molecule is CCNCc1sc(-c2cc(F)cc(F)c2)nc1COC. The molecule has 0 aliphatic heterocycles. The highest BCUT2D eigenvalue weighted by atomic mass is 32.1. The molecule has 0 spiro atoms. The van der Waals surface area contributed by atoms with Gasteiger partial charge in [-0.25, -0.2) is 13.8 Å². The van der Waals surface area contributed by atoms with Crippen LogP contribution in [0.1, 0.15) is 17.5 Å². The summed E-state index contributed by atoms with van der Waals surface area (Å²) >= 11 is 1.42. The van der Waals surface area contributed by atoms with Gasteiger partial charge in [0.25, 0.3) is 0 Å². The second-order valence-electron chi connectivity index (χ2n) is 4.26. The van der Waals surface area contributed by atoms with Crippen molar-refractivity contribution >= 4 is 11.3 Å². The lowest BCUT2D eigenvalue weighted by atomic mass is 10.2. The summed E-state index contributed by atoms with van der Waals surface area (Å²) in [5, 5.41) is 3.82. The highest BCUT2D eigenvalue weighted by molar-refractivity contribution is 7.15. The van der Waals surface area contributed by atoms with Crippen LogP contribution in [-0.4, -0.2) is 18.6 Å². The van der Waals surface area contributed by atoms with E-state index in [1.54, 1.807) is 7.11 Å². The Bertz CT molecular complexity index is 566. The van der Waals surface area contributed by atoms with Gasteiger partial charge in [0.2, 0.25) is 0 Å². The quantitative estimate of drug-likeness (QED) is 0.888. The fraction of sp³-hybridized carbons (Fsp3) is 0.357. The van der Waals surface area contributed by atoms with Crippen molar-refractivity contribution in [1.82, 2.24) is 10.3 Å². The van der Waals surface area contributed by atoms with Crippen LogP contribution in [0.3, 0.4) is 0 Å². The summed E-state index contributed by atoms with van der Waals surface area (Å²) in [5.74, 6) is -1.20. The first-order valence-corrected chi connectivity index (χ1v) is 7.10. The molecule has 0 saturated carbocycles. The van der Waals surface area contributed by atoms with Crippen molar-refractivity contribution in [2.24, 2.45) is 0 Å². The van der Waals surface area contributed by atoms with Crippen molar-refractivity contribution in [2.45, 2.75) is 20.1 Å². The average molecular weight is 298 g/mol. The number of aromatic nitrogens is 1. The van der Waals surface area contributed by atoms with Gasteiger partial charge in [-0.1, -0.05) is 6.92 Å². The predicted octanol–water partition coefficient (Wildman–Crippen LogP) is 3.34. The third-order valence-corrected chi connectivity index (χ3v) is 3.85. The first-order valence-electron chi connectivity index (χ1n) is 6.28. The second-order valence-corrected chi connectivity index (χ2v) is 5.34. The number of nitrogens with one attached hydrogen (secondary N) is 1. The normalized spacial score (nSPS) is 11.0. The van der Waals surface area contributed by atoms with Gasteiger partial charge >= 0.3 is 0 Å². The molecule has 0 aliphatic rings. The van der Waals surface area contributed by atoms with E-state index in [4.69, 9.17) is 4.74 Å². The van der Waals surface area contributed by atoms with Crippen LogP contribution in [0.15, 0.2) is 18.2 Å². The highest BCUT2D eigenvalue weighted by Gasteiger charge is 2.13. The molecule has 2 aromatic rings. The van der Waals surface area contributed by atoms with Crippen molar-refractivity contribution in [2.75, 3.05) is 13.7 Å². The maximum Gasteiger partial charge on any atom is 0.126 e. The number of ether oxygens (including phenoxy) is 1. The van der Waals surface area contributed by atoms with Crippen LogP contribution in [-0.2, 0) is 17.9 Å². The van der Waals surface area contributed by atoms with Crippen LogP contribution < -0.4 is 5.32 Å². The molecule has 2 rings (SSSR count). The minimum atomic E-state index is -0.600. The Morgan fingerprint density at radius 1 is 1.25 bits per heavy atom. The Hall–Kier alpha value is -1.37. The predicted molar refractivity (Wildman–Crippen MR) is 75.6 cm³/mol. The molecule has 20 heavy (non-hydrogen) atoms. The minimum Gasteiger partial charge on any atom is -0.378 e. The zero-order valence-electron chi connectivity index (χ0n) is 11.4. The van der Waals surface area contributed by atoms with E-state index in [0.717, 1.165) is 23.2 Å². The van der Waals surface area contributed by atoms with Gasteiger partial charge in [-0.2, -0.15) is 0 Å².